The molecule has 100 valence electrons. The van der Waals surface area contributed by atoms with Crippen LogP contribution < -0.4 is 5.73 Å². The van der Waals surface area contributed by atoms with E-state index in [4.69, 9.17) is 10.5 Å². The van der Waals surface area contributed by atoms with Crippen LogP contribution in [0.25, 0.3) is 0 Å². The molecule has 0 saturated carbocycles. The summed E-state index contributed by atoms with van der Waals surface area (Å²) in [4.78, 5) is 14.2. The number of aromatic amines is 1. The number of carbonyl (C=O) groups is 1. The number of nitrogens with one attached hydrogen (secondary N) is 1. The number of ether oxygens (including phenoxy) is 1. The summed E-state index contributed by atoms with van der Waals surface area (Å²) in [7, 11) is 0. The predicted molar refractivity (Wildman–Crippen MR) is 68.3 cm³/mol. The van der Waals surface area contributed by atoms with E-state index in [1.54, 1.807) is 0 Å². The number of rotatable bonds is 3. The molecule has 1 saturated heterocycles. The Morgan fingerprint density at radius 1 is 1.61 bits per heavy atom. The maximum Gasteiger partial charge on any atom is 0.276 e. The van der Waals surface area contributed by atoms with Gasteiger partial charge in [0, 0.05) is 6.54 Å². The second-order valence-electron chi connectivity index (χ2n) is 4.45. The Kier molecular flexibility index (Phi) is 3.86. The predicted octanol–water partition coefficient (Wildman–Crippen LogP) is 0.805. The zero-order chi connectivity index (χ0) is 13.1. The van der Waals surface area contributed by atoms with Gasteiger partial charge in [-0.25, -0.2) is 0 Å². The first kappa shape index (κ1) is 12.9. The first-order chi connectivity index (χ1) is 8.69. The smallest absolute Gasteiger partial charge is 0.276 e. The fraction of sp³-hybridized carbons (Fsp3) is 0.667. The van der Waals surface area contributed by atoms with Crippen molar-refractivity contribution in [1.82, 2.24) is 15.1 Å². The lowest BCUT2D eigenvalue weighted by Gasteiger charge is -2.34. The molecule has 1 amide bonds. The number of aryl methyl sites for hydroxylation is 1. The van der Waals surface area contributed by atoms with Crippen LogP contribution in [-0.2, 0) is 11.2 Å². The Balaban J connectivity index is 2.21. The SMILES string of the molecule is CCc1[nH]nc(C(=O)N2CCOCC2CC)c1N. The van der Waals surface area contributed by atoms with Gasteiger partial charge in [0.1, 0.15) is 0 Å². The second-order valence-corrected chi connectivity index (χ2v) is 4.45. The fourth-order valence-corrected chi connectivity index (χ4v) is 2.22. The molecule has 1 aromatic heterocycles. The minimum absolute atomic E-state index is 0.0985. The summed E-state index contributed by atoms with van der Waals surface area (Å²) in [5.74, 6) is -0.0985. The molecule has 0 aliphatic carbocycles. The summed E-state index contributed by atoms with van der Waals surface area (Å²) < 4.78 is 5.39. The molecular weight excluding hydrogens is 232 g/mol. The van der Waals surface area contributed by atoms with Gasteiger partial charge in [-0.2, -0.15) is 5.10 Å². The van der Waals surface area contributed by atoms with Crippen LogP contribution in [0.3, 0.4) is 0 Å². The van der Waals surface area contributed by atoms with Gasteiger partial charge < -0.3 is 15.4 Å². The lowest BCUT2D eigenvalue weighted by Crippen LogP contribution is -2.48. The molecule has 1 aliphatic heterocycles. The molecule has 0 aromatic carbocycles. The number of H-pyrrole nitrogens is 1. The third-order valence-electron chi connectivity index (χ3n) is 3.40. The third-order valence-corrected chi connectivity index (χ3v) is 3.40. The van der Waals surface area contributed by atoms with E-state index >= 15 is 0 Å². The molecule has 3 N–H and O–H groups in total. The summed E-state index contributed by atoms with van der Waals surface area (Å²) in [6, 6.07) is 0.118. The van der Waals surface area contributed by atoms with E-state index in [9.17, 15) is 4.79 Å². The Labute approximate surface area is 106 Å². The number of nitrogen functional groups attached to an aromatic ring is 1. The number of nitrogens with two attached hydrogens (primary N) is 1. The van der Waals surface area contributed by atoms with Crippen LogP contribution >= 0.6 is 0 Å². The van der Waals surface area contributed by atoms with E-state index in [-0.39, 0.29) is 11.9 Å². The quantitative estimate of drug-likeness (QED) is 0.833. The lowest BCUT2D eigenvalue weighted by molar-refractivity contribution is -0.00305. The molecule has 0 radical (unpaired) electrons. The summed E-state index contributed by atoms with van der Waals surface area (Å²) in [6.45, 7) is 5.79. The standard InChI is InChI=1S/C12H20N4O2/c1-3-8-7-18-6-5-16(8)12(17)11-10(13)9(4-2)14-15-11/h8H,3-7,13H2,1-2H3,(H,14,15). The third kappa shape index (κ3) is 2.20. The van der Waals surface area contributed by atoms with Gasteiger partial charge in [0.05, 0.1) is 30.6 Å². The van der Waals surface area contributed by atoms with Crippen molar-refractivity contribution in [3.63, 3.8) is 0 Å². The van der Waals surface area contributed by atoms with Gasteiger partial charge in [-0.15, -0.1) is 0 Å². The second kappa shape index (κ2) is 5.39. The van der Waals surface area contributed by atoms with Gasteiger partial charge in [-0.05, 0) is 12.8 Å². The monoisotopic (exact) mass is 252 g/mol. The summed E-state index contributed by atoms with van der Waals surface area (Å²) in [5.41, 5.74) is 7.57. The van der Waals surface area contributed by atoms with Crippen molar-refractivity contribution in [3.8, 4) is 0 Å². The normalized spacial score (nSPS) is 20.1. The van der Waals surface area contributed by atoms with Crippen molar-refractivity contribution >= 4 is 11.6 Å². The van der Waals surface area contributed by atoms with Crippen LogP contribution in [0.15, 0.2) is 0 Å². The highest BCUT2D eigenvalue weighted by atomic mass is 16.5. The number of anilines is 1. The molecule has 1 unspecified atom stereocenters. The molecule has 1 fully saturated rings. The molecule has 1 atom stereocenters. The first-order valence-corrected chi connectivity index (χ1v) is 6.40. The molecule has 6 heteroatoms. The molecular formula is C12H20N4O2. The number of amides is 1. The van der Waals surface area contributed by atoms with Gasteiger partial charge in [0.15, 0.2) is 5.69 Å². The maximum absolute atomic E-state index is 12.4. The van der Waals surface area contributed by atoms with Gasteiger partial charge in [0.25, 0.3) is 5.91 Å². The van der Waals surface area contributed by atoms with Crippen LogP contribution in [-0.4, -0.2) is 46.8 Å². The van der Waals surface area contributed by atoms with Crippen LogP contribution in [0, 0.1) is 0 Å². The Bertz CT molecular complexity index is 430. The highest BCUT2D eigenvalue weighted by molar-refractivity contribution is 5.97. The number of nitrogens with zero attached hydrogens (tertiary/aromatic N) is 2. The van der Waals surface area contributed by atoms with E-state index < -0.39 is 0 Å². The van der Waals surface area contributed by atoms with E-state index in [1.807, 2.05) is 18.7 Å². The minimum atomic E-state index is -0.0985. The number of hydrogen-bond donors (Lipinski definition) is 2. The summed E-state index contributed by atoms with van der Waals surface area (Å²) >= 11 is 0. The lowest BCUT2D eigenvalue weighted by atomic mass is 10.1. The first-order valence-electron chi connectivity index (χ1n) is 6.40. The molecule has 2 heterocycles. The molecule has 1 aromatic rings. The Morgan fingerprint density at radius 3 is 3.00 bits per heavy atom. The van der Waals surface area contributed by atoms with Crippen LogP contribution in [0.2, 0.25) is 0 Å². The van der Waals surface area contributed by atoms with Crippen LogP contribution in [0.1, 0.15) is 36.5 Å². The molecule has 0 spiro atoms. The Morgan fingerprint density at radius 2 is 2.39 bits per heavy atom. The molecule has 2 rings (SSSR count). The average molecular weight is 252 g/mol. The summed E-state index contributed by atoms with van der Waals surface area (Å²) in [6.07, 6.45) is 1.61. The zero-order valence-electron chi connectivity index (χ0n) is 10.9. The zero-order valence-corrected chi connectivity index (χ0v) is 10.9. The van der Waals surface area contributed by atoms with E-state index in [2.05, 4.69) is 10.2 Å². The minimum Gasteiger partial charge on any atom is -0.395 e. The number of hydrogen-bond acceptors (Lipinski definition) is 4. The highest BCUT2D eigenvalue weighted by Crippen LogP contribution is 2.20. The van der Waals surface area contributed by atoms with Crippen molar-refractivity contribution in [2.45, 2.75) is 32.7 Å². The van der Waals surface area contributed by atoms with Crippen molar-refractivity contribution < 1.29 is 9.53 Å². The molecule has 0 bridgehead atoms. The van der Waals surface area contributed by atoms with Crippen LogP contribution in [0.5, 0.6) is 0 Å². The maximum atomic E-state index is 12.4. The van der Waals surface area contributed by atoms with Gasteiger partial charge in [-0.1, -0.05) is 13.8 Å². The summed E-state index contributed by atoms with van der Waals surface area (Å²) in [5, 5.41) is 6.87. The molecule has 6 nitrogen and oxygen atoms in total. The topological polar surface area (TPSA) is 84.2 Å². The number of morpholine rings is 1. The van der Waals surface area contributed by atoms with Gasteiger partial charge in [0.2, 0.25) is 0 Å². The van der Waals surface area contributed by atoms with E-state index in [0.29, 0.717) is 31.1 Å². The van der Waals surface area contributed by atoms with E-state index in [0.717, 1.165) is 18.5 Å². The van der Waals surface area contributed by atoms with Crippen LogP contribution in [0.4, 0.5) is 5.69 Å². The van der Waals surface area contributed by atoms with Crippen molar-refractivity contribution in [1.29, 1.82) is 0 Å². The number of carbonyl (C=O) groups excluding carboxylic acids is 1. The van der Waals surface area contributed by atoms with Gasteiger partial charge in [-0.3, -0.25) is 9.89 Å². The number of aromatic nitrogens is 2. The Hall–Kier alpha value is -1.56. The van der Waals surface area contributed by atoms with E-state index in [1.165, 1.54) is 0 Å². The highest BCUT2D eigenvalue weighted by Gasteiger charge is 2.29. The average Bonchev–Trinajstić information content (AvgIpc) is 2.79. The molecule has 1 aliphatic rings. The van der Waals surface area contributed by atoms with Crippen molar-refractivity contribution in [3.05, 3.63) is 11.4 Å². The van der Waals surface area contributed by atoms with Gasteiger partial charge >= 0.3 is 0 Å². The fourth-order valence-electron chi connectivity index (χ4n) is 2.22. The van der Waals surface area contributed by atoms with Crippen molar-refractivity contribution in [2.75, 3.05) is 25.5 Å². The molecule has 18 heavy (non-hydrogen) atoms. The van der Waals surface area contributed by atoms with Crippen molar-refractivity contribution in [2.24, 2.45) is 0 Å². The largest absolute Gasteiger partial charge is 0.395 e.